The fourth-order valence-corrected chi connectivity index (χ4v) is 2.56. The first-order chi connectivity index (χ1) is 8.31. The molecule has 1 fully saturated rings. The van der Waals surface area contributed by atoms with Crippen LogP contribution in [0.2, 0.25) is 0 Å². The Morgan fingerprint density at radius 1 is 1.24 bits per heavy atom. The largest absolute Gasteiger partial charge is 0.392 e. The molecule has 1 aromatic carbocycles. The second kappa shape index (κ2) is 5.97. The number of halogens is 1. The van der Waals surface area contributed by atoms with Gasteiger partial charge in [0.2, 0.25) is 0 Å². The lowest BCUT2D eigenvalue weighted by atomic mass is 9.83. The van der Waals surface area contributed by atoms with Crippen LogP contribution in [0.1, 0.15) is 37.7 Å². The van der Waals surface area contributed by atoms with E-state index in [0.29, 0.717) is 11.5 Å². The Kier molecular flexibility index (Phi) is 4.32. The number of hydrogen-bond donors (Lipinski definition) is 1. The molecule has 0 atom stereocenters. The Bertz CT molecular complexity index is 392. The van der Waals surface area contributed by atoms with Gasteiger partial charge in [-0.1, -0.05) is 43.5 Å². The topological polar surface area (TPSA) is 20.2 Å². The average molecular weight is 234 g/mol. The van der Waals surface area contributed by atoms with Crippen LogP contribution in [0.3, 0.4) is 0 Å². The molecule has 0 unspecified atom stereocenters. The molecule has 0 radical (unpaired) electrons. The van der Waals surface area contributed by atoms with E-state index in [-0.39, 0.29) is 12.4 Å². The van der Waals surface area contributed by atoms with Crippen molar-refractivity contribution in [3.63, 3.8) is 0 Å². The second-order valence-corrected chi connectivity index (χ2v) is 4.73. The van der Waals surface area contributed by atoms with Gasteiger partial charge in [-0.25, -0.2) is 4.39 Å². The van der Waals surface area contributed by atoms with E-state index in [1.807, 2.05) is 12.1 Å². The maximum absolute atomic E-state index is 13.5. The Hall–Kier alpha value is -1.15. The van der Waals surface area contributed by atoms with E-state index in [2.05, 4.69) is 0 Å². The molecule has 0 aliphatic heterocycles. The molecule has 0 heterocycles. The van der Waals surface area contributed by atoms with Crippen molar-refractivity contribution in [1.82, 2.24) is 0 Å². The molecule has 92 valence electrons. The van der Waals surface area contributed by atoms with E-state index in [4.69, 9.17) is 0 Å². The van der Waals surface area contributed by atoms with Crippen LogP contribution in [0.4, 0.5) is 4.39 Å². The number of aliphatic hydroxyl groups excluding tert-OH is 1. The van der Waals surface area contributed by atoms with Gasteiger partial charge in [0.15, 0.2) is 0 Å². The Balaban J connectivity index is 2.19. The highest BCUT2D eigenvalue weighted by Crippen LogP contribution is 2.30. The van der Waals surface area contributed by atoms with Crippen LogP contribution in [-0.4, -0.2) is 11.7 Å². The van der Waals surface area contributed by atoms with Crippen LogP contribution in [0, 0.1) is 11.7 Å². The van der Waals surface area contributed by atoms with Crippen LogP contribution >= 0.6 is 0 Å². The van der Waals surface area contributed by atoms with Crippen molar-refractivity contribution < 1.29 is 9.50 Å². The van der Waals surface area contributed by atoms with Crippen molar-refractivity contribution in [2.45, 2.75) is 32.1 Å². The summed E-state index contributed by atoms with van der Waals surface area (Å²) >= 11 is 0. The summed E-state index contributed by atoms with van der Waals surface area (Å²) in [5.41, 5.74) is 1.57. The predicted octanol–water partition coefficient (Wildman–Crippen LogP) is 3.78. The van der Waals surface area contributed by atoms with Crippen molar-refractivity contribution in [3.8, 4) is 0 Å². The third-order valence-electron chi connectivity index (χ3n) is 3.56. The molecule has 2 rings (SSSR count). The number of hydrogen-bond acceptors (Lipinski definition) is 1. The fraction of sp³-hybridized carbons (Fsp3) is 0.467. The number of aliphatic hydroxyl groups is 1. The van der Waals surface area contributed by atoms with Gasteiger partial charge >= 0.3 is 0 Å². The molecule has 0 aromatic heterocycles. The molecule has 2 heteroatoms. The molecule has 1 aromatic rings. The van der Waals surface area contributed by atoms with Crippen molar-refractivity contribution in [2.24, 2.45) is 5.92 Å². The van der Waals surface area contributed by atoms with Crippen LogP contribution < -0.4 is 0 Å². The van der Waals surface area contributed by atoms with Gasteiger partial charge in [-0.3, -0.25) is 0 Å². The molecular formula is C15H19FO. The maximum Gasteiger partial charge on any atom is 0.130 e. The molecule has 0 bridgehead atoms. The van der Waals surface area contributed by atoms with Crippen molar-refractivity contribution >= 4 is 6.08 Å². The Morgan fingerprint density at radius 3 is 2.59 bits per heavy atom. The van der Waals surface area contributed by atoms with Crippen LogP contribution in [0.15, 0.2) is 29.8 Å². The van der Waals surface area contributed by atoms with E-state index in [9.17, 15) is 9.50 Å². The molecule has 1 nitrogen and oxygen atoms in total. The van der Waals surface area contributed by atoms with E-state index >= 15 is 0 Å². The number of benzene rings is 1. The van der Waals surface area contributed by atoms with Gasteiger partial charge in [-0.2, -0.15) is 0 Å². The van der Waals surface area contributed by atoms with Crippen molar-refractivity contribution in [3.05, 3.63) is 41.2 Å². The monoisotopic (exact) mass is 234 g/mol. The lowest BCUT2D eigenvalue weighted by molar-refractivity contribution is 0.295. The van der Waals surface area contributed by atoms with Crippen LogP contribution in [0.5, 0.6) is 0 Å². The van der Waals surface area contributed by atoms with Crippen LogP contribution in [-0.2, 0) is 0 Å². The first-order valence-corrected chi connectivity index (χ1v) is 6.37. The maximum atomic E-state index is 13.5. The molecule has 1 N–H and O–H groups in total. The van der Waals surface area contributed by atoms with Gasteiger partial charge in [0.05, 0.1) is 6.61 Å². The summed E-state index contributed by atoms with van der Waals surface area (Å²) in [4.78, 5) is 0. The van der Waals surface area contributed by atoms with E-state index in [0.717, 1.165) is 18.4 Å². The van der Waals surface area contributed by atoms with Gasteiger partial charge < -0.3 is 5.11 Å². The van der Waals surface area contributed by atoms with E-state index in [1.165, 1.54) is 25.3 Å². The second-order valence-electron chi connectivity index (χ2n) is 4.73. The van der Waals surface area contributed by atoms with E-state index < -0.39 is 0 Å². The van der Waals surface area contributed by atoms with Gasteiger partial charge in [-0.05, 0) is 30.4 Å². The lowest BCUT2D eigenvalue weighted by Crippen LogP contribution is -2.11. The first kappa shape index (κ1) is 12.3. The average Bonchev–Trinajstić information content (AvgIpc) is 2.39. The molecule has 1 aliphatic carbocycles. The highest BCUT2D eigenvalue weighted by Gasteiger charge is 2.17. The molecule has 1 aliphatic rings. The molecule has 0 spiro atoms. The summed E-state index contributed by atoms with van der Waals surface area (Å²) in [6, 6.07) is 6.73. The first-order valence-electron chi connectivity index (χ1n) is 6.37. The zero-order chi connectivity index (χ0) is 12.1. The standard InChI is InChI=1S/C15H19FO/c16-15-9-5-4-8-13(15)10-14(11-17)12-6-2-1-3-7-12/h4-5,8-10,12,17H,1-3,6-7,11H2. The molecule has 0 amide bonds. The van der Waals surface area contributed by atoms with Gasteiger partial charge in [-0.15, -0.1) is 0 Å². The highest BCUT2D eigenvalue weighted by atomic mass is 19.1. The van der Waals surface area contributed by atoms with Gasteiger partial charge in [0, 0.05) is 5.56 Å². The summed E-state index contributed by atoms with van der Waals surface area (Å²) in [6.45, 7) is 0.0407. The molecular weight excluding hydrogens is 215 g/mol. The summed E-state index contributed by atoms with van der Waals surface area (Å²) < 4.78 is 13.5. The quantitative estimate of drug-likeness (QED) is 0.843. The zero-order valence-electron chi connectivity index (χ0n) is 10.0. The highest BCUT2D eigenvalue weighted by molar-refractivity contribution is 5.54. The minimum Gasteiger partial charge on any atom is -0.392 e. The Labute approximate surface area is 102 Å². The summed E-state index contributed by atoms with van der Waals surface area (Å²) in [5, 5.41) is 9.44. The molecule has 1 saturated carbocycles. The van der Waals surface area contributed by atoms with Gasteiger partial charge in [0.25, 0.3) is 0 Å². The minimum atomic E-state index is -0.214. The zero-order valence-corrected chi connectivity index (χ0v) is 10.0. The fourth-order valence-electron chi connectivity index (χ4n) is 2.56. The third kappa shape index (κ3) is 3.16. The number of rotatable bonds is 3. The normalized spacial score (nSPS) is 18.4. The molecule has 0 saturated heterocycles. The minimum absolute atomic E-state index is 0.0407. The van der Waals surface area contributed by atoms with Gasteiger partial charge in [0.1, 0.15) is 5.82 Å². The predicted molar refractivity (Wildman–Crippen MR) is 68.0 cm³/mol. The lowest BCUT2D eigenvalue weighted by Gasteiger charge is -2.23. The summed E-state index contributed by atoms with van der Waals surface area (Å²) in [7, 11) is 0. The smallest absolute Gasteiger partial charge is 0.130 e. The molecule has 17 heavy (non-hydrogen) atoms. The summed E-state index contributed by atoms with van der Waals surface area (Å²) in [5.74, 6) is 0.225. The van der Waals surface area contributed by atoms with Crippen LogP contribution in [0.25, 0.3) is 6.08 Å². The summed E-state index contributed by atoms with van der Waals surface area (Å²) in [6.07, 6.45) is 7.81. The SMILES string of the molecule is OCC(=Cc1ccccc1F)C1CCCCC1. The Morgan fingerprint density at radius 2 is 1.94 bits per heavy atom. The van der Waals surface area contributed by atoms with Crippen molar-refractivity contribution in [2.75, 3.05) is 6.61 Å². The van der Waals surface area contributed by atoms with E-state index in [1.54, 1.807) is 12.1 Å². The van der Waals surface area contributed by atoms with Crippen molar-refractivity contribution in [1.29, 1.82) is 0 Å². The third-order valence-corrected chi connectivity index (χ3v) is 3.56.